The average Bonchev–Trinajstić information content (AvgIpc) is 3.13. The van der Waals surface area contributed by atoms with E-state index in [-0.39, 0.29) is 5.56 Å². The maximum absolute atomic E-state index is 11.7. The van der Waals surface area contributed by atoms with Crippen molar-refractivity contribution >= 4 is 33.3 Å². The lowest BCUT2D eigenvalue weighted by Gasteiger charge is -2.11. The van der Waals surface area contributed by atoms with Gasteiger partial charge in [-0.15, -0.1) is 11.3 Å². The number of fused-ring (bicyclic) bond motifs is 2. The van der Waals surface area contributed by atoms with E-state index in [1.807, 2.05) is 18.2 Å². The molecule has 27 heavy (non-hydrogen) atoms. The Labute approximate surface area is 159 Å². The normalized spacial score (nSPS) is 11.3. The zero-order valence-corrected chi connectivity index (χ0v) is 15.4. The Morgan fingerprint density at radius 2 is 1.89 bits per heavy atom. The van der Waals surface area contributed by atoms with Gasteiger partial charge in [0.25, 0.3) is 0 Å². The van der Waals surface area contributed by atoms with Gasteiger partial charge in [0.05, 0.1) is 16.1 Å². The molecule has 1 N–H and O–H groups in total. The summed E-state index contributed by atoms with van der Waals surface area (Å²) in [5.41, 5.74) is 4.43. The molecule has 0 spiro atoms. The summed E-state index contributed by atoms with van der Waals surface area (Å²) < 4.78 is 0. The van der Waals surface area contributed by atoms with E-state index < -0.39 is 0 Å². The van der Waals surface area contributed by atoms with Gasteiger partial charge in [0.15, 0.2) is 0 Å². The smallest absolute Gasteiger partial charge is 0.249 e. The molecule has 0 radical (unpaired) electrons. The van der Waals surface area contributed by atoms with E-state index in [2.05, 4.69) is 53.3 Å². The third-order valence-electron chi connectivity index (χ3n) is 4.60. The Balaban J connectivity index is 1.82. The number of nitrogens with one attached hydrogen (secondary N) is 1. The molecule has 0 saturated carbocycles. The Kier molecular flexibility index (Phi) is 3.62. The lowest BCUT2D eigenvalue weighted by molar-refractivity contribution is 1.24. The zero-order valence-electron chi connectivity index (χ0n) is 14.6. The van der Waals surface area contributed by atoms with E-state index >= 15 is 0 Å². The number of hydrogen-bond acceptors (Lipinski definition) is 4. The fourth-order valence-electron chi connectivity index (χ4n) is 3.29. The van der Waals surface area contributed by atoms with Crippen LogP contribution in [0.3, 0.4) is 0 Å². The second-order valence-electron chi connectivity index (χ2n) is 6.47. The van der Waals surface area contributed by atoms with Crippen LogP contribution in [0.15, 0.2) is 71.7 Å². The van der Waals surface area contributed by atoms with Crippen LogP contribution in [-0.4, -0.2) is 15.0 Å². The van der Waals surface area contributed by atoms with E-state index in [0.717, 1.165) is 38.0 Å². The molecule has 130 valence electrons. The topological polar surface area (TPSA) is 58.6 Å². The molecule has 0 amide bonds. The Morgan fingerprint density at radius 3 is 2.74 bits per heavy atom. The first-order valence-corrected chi connectivity index (χ1v) is 9.45. The van der Waals surface area contributed by atoms with Crippen molar-refractivity contribution in [2.45, 2.75) is 6.92 Å². The zero-order chi connectivity index (χ0) is 18.4. The van der Waals surface area contributed by atoms with Crippen molar-refractivity contribution in [1.82, 2.24) is 15.0 Å². The van der Waals surface area contributed by atoms with Gasteiger partial charge < -0.3 is 4.98 Å². The maximum atomic E-state index is 11.7. The Morgan fingerprint density at radius 1 is 0.963 bits per heavy atom. The van der Waals surface area contributed by atoms with Gasteiger partial charge in [-0.05, 0) is 55.0 Å². The van der Waals surface area contributed by atoms with E-state index in [4.69, 9.17) is 4.98 Å². The molecule has 0 bridgehead atoms. The molecule has 5 rings (SSSR count). The molecule has 0 aliphatic heterocycles. The molecule has 4 heterocycles. The largest absolute Gasteiger partial charge is 0.307 e. The van der Waals surface area contributed by atoms with Gasteiger partial charge in [0.2, 0.25) is 5.56 Å². The first-order valence-electron chi connectivity index (χ1n) is 8.63. The van der Waals surface area contributed by atoms with Crippen molar-refractivity contribution in [1.29, 1.82) is 0 Å². The SMILES string of the molecule is Cc1ccc(-c2nc3[nH]c(=O)ccc3cc2-c2ccc3ncccc3c2)s1. The molecule has 0 aliphatic carbocycles. The van der Waals surface area contributed by atoms with Crippen molar-refractivity contribution in [3.8, 4) is 21.7 Å². The monoisotopic (exact) mass is 369 g/mol. The van der Waals surface area contributed by atoms with E-state index in [9.17, 15) is 4.79 Å². The molecule has 0 atom stereocenters. The number of nitrogens with zero attached hydrogens (tertiary/aromatic N) is 2. The minimum Gasteiger partial charge on any atom is -0.307 e. The number of thiophene rings is 1. The number of H-pyrrole nitrogens is 1. The van der Waals surface area contributed by atoms with Crippen LogP contribution in [0.4, 0.5) is 0 Å². The summed E-state index contributed by atoms with van der Waals surface area (Å²) in [5.74, 6) is 0. The summed E-state index contributed by atoms with van der Waals surface area (Å²) in [6.45, 7) is 2.08. The van der Waals surface area contributed by atoms with Crippen LogP contribution in [-0.2, 0) is 0 Å². The van der Waals surface area contributed by atoms with Crippen LogP contribution in [0.1, 0.15) is 4.88 Å². The summed E-state index contributed by atoms with van der Waals surface area (Å²) in [4.78, 5) is 26.1. The highest BCUT2D eigenvalue weighted by Gasteiger charge is 2.14. The van der Waals surface area contributed by atoms with Crippen molar-refractivity contribution in [2.24, 2.45) is 0 Å². The highest BCUT2D eigenvalue weighted by molar-refractivity contribution is 7.15. The predicted octanol–water partition coefficient (Wildman–Crippen LogP) is 5.18. The Bertz CT molecular complexity index is 1370. The molecular weight excluding hydrogens is 354 g/mol. The predicted molar refractivity (Wildman–Crippen MR) is 111 cm³/mol. The number of benzene rings is 1. The third-order valence-corrected chi connectivity index (χ3v) is 5.60. The summed E-state index contributed by atoms with van der Waals surface area (Å²) in [6.07, 6.45) is 1.80. The van der Waals surface area contributed by atoms with Crippen LogP contribution in [0, 0.1) is 6.92 Å². The molecule has 5 heteroatoms. The molecule has 0 saturated heterocycles. The van der Waals surface area contributed by atoms with Gasteiger partial charge in [0.1, 0.15) is 5.65 Å². The minimum absolute atomic E-state index is 0.146. The standard InChI is InChI=1S/C22H15N3OS/c1-13-4-8-19(27-13)21-17(12-16-6-9-20(26)24-22(16)25-21)14-5-7-18-15(11-14)3-2-10-23-18/h2-12H,1H3,(H,24,25,26). The number of aryl methyl sites for hydroxylation is 1. The molecule has 4 nitrogen and oxygen atoms in total. The van der Waals surface area contributed by atoms with Gasteiger partial charge in [-0.1, -0.05) is 12.1 Å². The maximum Gasteiger partial charge on any atom is 0.249 e. The molecule has 5 aromatic rings. The number of aromatic nitrogens is 3. The second kappa shape index (κ2) is 6.14. The van der Waals surface area contributed by atoms with Gasteiger partial charge in [-0.3, -0.25) is 9.78 Å². The summed E-state index contributed by atoms with van der Waals surface area (Å²) >= 11 is 1.70. The van der Waals surface area contributed by atoms with Crippen LogP contribution >= 0.6 is 11.3 Å². The third kappa shape index (κ3) is 2.82. The van der Waals surface area contributed by atoms with Crippen LogP contribution in [0.2, 0.25) is 0 Å². The lowest BCUT2D eigenvalue weighted by Crippen LogP contribution is -2.04. The fraction of sp³-hybridized carbons (Fsp3) is 0.0455. The molecular formula is C22H15N3OS. The molecule has 1 aromatic carbocycles. The average molecular weight is 369 g/mol. The summed E-state index contributed by atoms with van der Waals surface area (Å²) in [7, 11) is 0. The van der Waals surface area contributed by atoms with Gasteiger partial charge >= 0.3 is 0 Å². The van der Waals surface area contributed by atoms with Gasteiger partial charge in [0, 0.05) is 33.5 Å². The first kappa shape index (κ1) is 15.9. The number of aromatic amines is 1. The lowest BCUT2D eigenvalue weighted by atomic mass is 9.99. The summed E-state index contributed by atoms with van der Waals surface area (Å²) in [6, 6.07) is 19.9. The minimum atomic E-state index is -0.146. The Hall–Kier alpha value is -3.31. The molecule has 0 aliphatic rings. The number of hydrogen-bond donors (Lipinski definition) is 1. The van der Waals surface area contributed by atoms with Crippen LogP contribution in [0.25, 0.3) is 43.6 Å². The highest BCUT2D eigenvalue weighted by Crippen LogP contribution is 2.37. The van der Waals surface area contributed by atoms with Crippen molar-refractivity contribution in [3.05, 3.63) is 82.1 Å². The number of pyridine rings is 3. The van der Waals surface area contributed by atoms with Crippen LogP contribution < -0.4 is 5.56 Å². The van der Waals surface area contributed by atoms with Crippen LogP contribution in [0.5, 0.6) is 0 Å². The molecule has 0 unspecified atom stereocenters. The molecule has 4 aromatic heterocycles. The number of rotatable bonds is 2. The van der Waals surface area contributed by atoms with Crippen molar-refractivity contribution in [3.63, 3.8) is 0 Å². The van der Waals surface area contributed by atoms with Crippen molar-refractivity contribution < 1.29 is 0 Å². The fourth-order valence-corrected chi connectivity index (χ4v) is 4.16. The van der Waals surface area contributed by atoms with Gasteiger partial charge in [-0.2, -0.15) is 0 Å². The summed E-state index contributed by atoms with van der Waals surface area (Å²) in [5, 5.41) is 2.00. The molecule has 0 fully saturated rings. The highest BCUT2D eigenvalue weighted by atomic mass is 32.1. The van der Waals surface area contributed by atoms with Crippen molar-refractivity contribution in [2.75, 3.05) is 0 Å². The van der Waals surface area contributed by atoms with E-state index in [1.54, 1.807) is 17.5 Å². The van der Waals surface area contributed by atoms with E-state index in [0.29, 0.717) is 5.65 Å². The second-order valence-corrected chi connectivity index (χ2v) is 7.75. The quantitative estimate of drug-likeness (QED) is 0.467. The van der Waals surface area contributed by atoms with Gasteiger partial charge in [-0.25, -0.2) is 4.98 Å². The van der Waals surface area contributed by atoms with E-state index in [1.165, 1.54) is 10.9 Å². The first-order chi connectivity index (χ1) is 13.2.